The lowest BCUT2D eigenvalue weighted by atomic mass is 10.1. The van der Waals surface area contributed by atoms with Crippen LogP contribution in [-0.4, -0.2) is 9.55 Å². The topological polar surface area (TPSA) is 17.8 Å². The molecular formula is C24H18N2. The SMILES string of the molecule is c1ccc(Cn2c3ccccc3c3ccc(-c4ccccc4)nc32)cc1. The maximum Gasteiger partial charge on any atom is 0.142 e. The highest BCUT2D eigenvalue weighted by Gasteiger charge is 2.13. The fourth-order valence-corrected chi connectivity index (χ4v) is 3.61. The number of para-hydroxylation sites is 1. The van der Waals surface area contributed by atoms with E-state index in [2.05, 4.69) is 95.6 Å². The molecule has 0 radical (unpaired) electrons. The number of hydrogen-bond donors (Lipinski definition) is 0. The van der Waals surface area contributed by atoms with Gasteiger partial charge in [0.25, 0.3) is 0 Å². The molecule has 0 saturated carbocycles. The van der Waals surface area contributed by atoms with E-state index in [9.17, 15) is 0 Å². The molecule has 26 heavy (non-hydrogen) atoms. The van der Waals surface area contributed by atoms with E-state index in [1.54, 1.807) is 0 Å². The molecule has 0 N–H and O–H groups in total. The molecule has 0 aliphatic carbocycles. The van der Waals surface area contributed by atoms with Crippen molar-refractivity contribution in [3.05, 3.63) is 103 Å². The van der Waals surface area contributed by atoms with Gasteiger partial charge in [0.1, 0.15) is 5.65 Å². The van der Waals surface area contributed by atoms with Gasteiger partial charge in [0, 0.05) is 22.9 Å². The molecule has 2 heteroatoms. The maximum atomic E-state index is 5.04. The summed E-state index contributed by atoms with van der Waals surface area (Å²) in [6.45, 7) is 0.816. The second kappa shape index (κ2) is 6.16. The van der Waals surface area contributed by atoms with Crippen molar-refractivity contribution in [3.63, 3.8) is 0 Å². The van der Waals surface area contributed by atoms with Gasteiger partial charge in [0.2, 0.25) is 0 Å². The Hall–Kier alpha value is -3.39. The zero-order valence-corrected chi connectivity index (χ0v) is 14.3. The van der Waals surface area contributed by atoms with Gasteiger partial charge in [-0.25, -0.2) is 4.98 Å². The molecule has 0 aliphatic heterocycles. The van der Waals surface area contributed by atoms with Crippen LogP contribution in [0.3, 0.4) is 0 Å². The summed E-state index contributed by atoms with van der Waals surface area (Å²) in [6, 6.07) is 33.8. The summed E-state index contributed by atoms with van der Waals surface area (Å²) < 4.78 is 2.33. The standard InChI is InChI=1S/C24H18N2/c1-3-9-18(10-4-1)17-26-23-14-8-7-13-20(23)21-15-16-22(25-24(21)26)19-11-5-2-6-12-19/h1-16H,17H2. The van der Waals surface area contributed by atoms with Crippen LogP contribution in [0.15, 0.2) is 97.1 Å². The molecule has 0 amide bonds. The van der Waals surface area contributed by atoms with E-state index in [1.807, 2.05) is 6.07 Å². The second-order valence-electron chi connectivity index (χ2n) is 6.52. The highest BCUT2D eigenvalue weighted by atomic mass is 15.0. The average Bonchev–Trinajstić information content (AvgIpc) is 3.03. The lowest BCUT2D eigenvalue weighted by Crippen LogP contribution is -2.00. The molecule has 0 saturated heterocycles. The van der Waals surface area contributed by atoms with E-state index >= 15 is 0 Å². The summed E-state index contributed by atoms with van der Waals surface area (Å²) in [4.78, 5) is 5.04. The molecule has 0 atom stereocenters. The smallest absolute Gasteiger partial charge is 0.142 e. The Morgan fingerprint density at radius 3 is 2.12 bits per heavy atom. The minimum Gasteiger partial charge on any atom is -0.321 e. The molecular weight excluding hydrogens is 316 g/mol. The lowest BCUT2D eigenvalue weighted by molar-refractivity contribution is 0.857. The highest BCUT2D eigenvalue weighted by molar-refractivity contribution is 6.07. The fraction of sp³-hybridized carbons (Fsp3) is 0.0417. The van der Waals surface area contributed by atoms with Crippen LogP contribution in [-0.2, 0) is 6.54 Å². The number of rotatable bonds is 3. The normalized spacial score (nSPS) is 11.2. The molecule has 3 aromatic carbocycles. The van der Waals surface area contributed by atoms with E-state index in [0.29, 0.717) is 0 Å². The number of pyridine rings is 1. The van der Waals surface area contributed by atoms with Crippen molar-refractivity contribution in [2.24, 2.45) is 0 Å². The van der Waals surface area contributed by atoms with Crippen molar-refractivity contribution >= 4 is 21.9 Å². The molecule has 5 aromatic rings. The van der Waals surface area contributed by atoms with Gasteiger partial charge < -0.3 is 4.57 Å². The Morgan fingerprint density at radius 1 is 0.615 bits per heavy atom. The number of nitrogens with zero attached hydrogens (tertiary/aromatic N) is 2. The molecule has 0 bridgehead atoms. The largest absolute Gasteiger partial charge is 0.321 e. The fourth-order valence-electron chi connectivity index (χ4n) is 3.61. The molecule has 124 valence electrons. The van der Waals surface area contributed by atoms with Crippen molar-refractivity contribution in [3.8, 4) is 11.3 Å². The summed E-state index contributed by atoms with van der Waals surface area (Å²) in [6.07, 6.45) is 0. The first kappa shape index (κ1) is 14.9. The monoisotopic (exact) mass is 334 g/mol. The Labute approximate surface area is 152 Å². The minimum atomic E-state index is 0.816. The van der Waals surface area contributed by atoms with Crippen molar-refractivity contribution < 1.29 is 0 Å². The van der Waals surface area contributed by atoms with E-state index in [0.717, 1.165) is 23.4 Å². The quantitative estimate of drug-likeness (QED) is 0.401. The van der Waals surface area contributed by atoms with Crippen LogP contribution in [0, 0.1) is 0 Å². The molecule has 0 aliphatic rings. The van der Waals surface area contributed by atoms with Gasteiger partial charge in [-0.05, 0) is 23.8 Å². The number of aromatic nitrogens is 2. The molecule has 0 unspecified atom stereocenters. The molecule has 0 spiro atoms. The first-order valence-corrected chi connectivity index (χ1v) is 8.87. The van der Waals surface area contributed by atoms with Crippen molar-refractivity contribution in [2.45, 2.75) is 6.54 Å². The molecule has 0 fully saturated rings. The molecule has 2 nitrogen and oxygen atoms in total. The third kappa shape index (κ3) is 2.47. The van der Waals surface area contributed by atoms with Gasteiger partial charge in [-0.2, -0.15) is 0 Å². The van der Waals surface area contributed by atoms with Crippen LogP contribution in [0.1, 0.15) is 5.56 Å². The van der Waals surface area contributed by atoms with Gasteiger partial charge in [0.05, 0.1) is 11.2 Å². The van der Waals surface area contributed by atoms with Crippen LogP contribution in [0.25, 0.3) is 33.2 Å². The first-order valence-electron chi connectivity index (χ1n) is 8.87. The Balaban J connectivity index is 1.76. The number of benzene rings is 3. The van der Waals surface area contributed by atoms with Crippen LogP contribution in [0.4, 0.5) is 0 Å². The average molecular weight is 334 g/mol. The van der Waals surface area contributed by atoms with Crippen molar-refractivity contribution in [2.75, 3.05) is 0 Å². The van der Waals surface area contributed by atoms with Gasteiger partial charge in [0.15, 0.2) is 0 Å². The lowest BCUT2D eigenvalue weighted by Gasteiger charge is -2.08. The summed E-state index contributed by atoms with van der Waals surface area (Å²) in [7, 11) is 0. The predicted molar refractivity (Wildman–Crippen MR) is 108 cm³/mol. The Morgan fingerprint density at radius 2 is 1.31 bits per heavy atom. The van der Waals surface area contributed by atoms with E-state index < -0.39 is 0 Å². The van der Waals surface area contributed by atoms with Gasteiger partial charge in [-0.3, -0.25) is 0 Å². The molecule has 2 heterocycles. The van der Waals surface area contributed by atoms with Crippen LogP contribution in [0.2, 0.25) is 0 Å². The zero-order chi connectivity index (χ0) is 17.3. The maximum absolute atomic E-state index is 5.04. The molecule has 5 rings (SSSR count). The Kier molecular flexibility index (Phi) is 3.53. The van der Waals surface area contributed by atoms with Gasteiger partial charge in [-0.15, -0.1) is 0 Å². The second-order valence-corrected chi connectivity index (χ2v) is 6.52. The van der Waals surface area contributed by atoms with E-state index in [-0.39, 0.29) is 0 Å². The van der Waals surface area contributed by atoms with Crippen LogP contribution >= 0.6 is 0 Å². The third-order valence-electron chi connectivity index (χ3n) is 4.87. The third-order valence-corrected chi connectivity index (χ3v) is 4.87. The van der Waals surface area contributed by atoms with Crippen molar-refractivity contribution in [1.82, 2.24) is 9.55 Å². The summed E-state index contributed by atoms with van der Waals surface area (Å²) in [5.74, 6) is 0. The Bertz CT molecular complexity index is 1190. The highest BCUT2D eigenvalue weighted by Crippen LogP contribution is 2.30. The minimum absolute atomic E-state index is 0.816. The number of hydrogen-bond acceptors (Lipinski definition) is 1. The van der Waals surface area contributed by atoms with Crippen LogP contribution in [0.5, 0.6) is 0 Å². The number of fused-ring (bicyclic) bond motifs is 3. The molecule has 2 aromatic heterocycles. The van der Waals surface area contributed by atoms with Crippen molar-refractivity contribution in [1.29, 1.82) is 0 Å². The van der Waals surface area contributed by atoms with Crippen LogP contribution < -0.4 is 0 Å². The zero-order valence-electron chi connectivity index (χ0n) is 14.3. The van der Waals surface area contributed by atoms with E-state index in [4.69, 9.17) is 4.98 Å². The predicted octanol–water partition coefficient (Wildman–Crippen LogP) is 5.90. The van der Waals surface area contributed by atoms with E-state index in [1.165, 1.54) is 21.9 Å². The summed E-state index contributed by atoms with van der Waals surface area (Å²) in [5, 5.41) is 2.46. The summed E-state index contributed by atoms with van der Waals surface area (Å²) in [5.41, 5.74) is 5.70. The summed E-state index contributed by atoms with van der Waals surface area (Å²) >= 11 is 0. The van der Waals surface area contributed by atoms with Gasteiger partial charge >= 0.3 is 0 Å². The van der Waals surface area contributed by atoms with Gasteiger partial charge in [-0.1, -0.05) is 78.9 Å². The first-order chi connectivity index (χ1) is 12.9.